The van der Waals surface area contributed by atoms with Crippen LogP contribution < -0.4 is 5.32 Å². The van der Waals surface area contributed by atoms with E-state index in [1.54, 1.807) is 0 Å². The van der Waals surface area contributed by atoms with Gasteiger partial charge in [0.15, 0.2) is 5.82 Å². The molecule has 0 radical (unpaired) electrons. The quantitative estimate of drug-likeness (QED) is 0.517. The molecule has 0 saturated carbocycles. The summed E-state index contributed by atoms with van der Waals surface area (Å²) in [5, 5.41) is 2.94. The molecule has 0 aliphatic rings. The number of anilines is 1. The number of imidazole rings is 2. The molecule has 0 spiro atoms. The Bertz CT molecular complexity index is 1080. The molecule has 0 bridgehead atoms. The molecule has 2 heterocycles. The summed E-state index contributed by atoms with van der Waals surface area (Å²) in [6.07, 6.45) is 0. The van der Waals surface area contributed by atoms with Gasteiger partial charge in [0.25, 0.3) is 5.91 Å². The smallest absolute Gasteiger partial charge is 0.293 e. The zero-order chi connectivity index (χ0) is 19.5. The predicted molar refractivity (Wildman–Crippen MR) is 112 cm³/mol. The van der Waals surface area contributed by atoms with Crippen LogP contribution in [0.1, 0.15) is 24.5 Å². The number of aromatic amines is 1. The normalized spacial score (nSPS) is 11.5. The number of hydrogen-bond acceptors (Lipinski definition) is 4. The van der Waals surface area contributed by atoms with Crippen LogP contribution in [0.4, 0.5) is 5.95 Å². The van der Waals surface area contributed by atoms with Gasteiger partial charge in [-0.15, -0.1) is 0 Å². The lowest BCUT2D eigenvalue weighted by Gasteiger charge is -2.19. The number of nitrogens with one attached hydrogen (secondary N) is 2. The first kappa shape index (κ1) is 18.2. The number of benzene rings is 2. The first-order valence-electron chi connectivity index (χ1n) is 9.63. The lowest BCUT2D eigenvalue weighted by molar-refractivity contribution is 0.101. The minimum Gasteiger partial charge on any atom is -0.334 e. The van der Waals surface area contributed by atoms with Gasteiger partial charge in [-0.3, -0.25) is 10.1 Å². The molecule has 0 fully saturated rings. The number of amides is 1. The highest BCUT2D eigenvalue weighted by Gasteiger charge is 2.17. The highest BCUT2D eigenvalue weighted by molar-refractivity contribution is 6.03. The van der Waals surface area contributed by atoms with E-state index in [2.05, 4.69) is 43.6 Å². The van der Waals surface area contributed by atoms with E-state index in [1.165, 1.54) is 0 Å². The number of carbonyl (C=O) groups excluding carboxylic acids is 1. The van der Waals surface area contributed by atoms with Crippen LogP contribution in [-0.4, -0.2) is 50.0 Å². The van der Waals surface area contributed by atoms with Crippen LogP contribution in [0.2, 0.25) is 0 Å². The molecule has 1 amide bonds. The summed E-state index contributed by atoms with van der Waals surface area (Å²) in [6, 6.07) is 15.5. The van der Waals surface area contributed by atoms with E-state index < -0.39 is 0 Å². The van der Waals surface area contributed by atoms with Crippen molar-refractivity contribution >= 4 is 33.9 Å². The van der Waals surface area contributed by atoms with Crippen LogP contribution >= 0.6 is 0 Å². The van der Waals surface area contributed by atoms with Crippen molar-refractivity contribution in [3.8, 4) is 0 Å². The molecule has 2 aromatic carbocycles. The molecule has 0 atom stereocenters. The van der Waals surface area contributed by atoms with Crippen molar-refractivity contribution in [2.75, 3.05) is 25.0 Å². The van der Waals surface area contributed by atoms with Crippen LogP contribution in [0.5, 0.6) is 0 Å². The fourth-order valence-electron chi connectivity index (χ4n) is 3.40. The number of H-pyrrole nitrogens is 1. The van der Waals surface area contributed by atoms with E-state index in [4.69, 9.17) is 0 Å². The Morgan fingerprint density at radius 1 is 1.04 bits per heavy atom. The number of hydrogen-bond donors (Lipinski definition) is 2. The van der Waals surface area contributed by atoms with Crippen molar-refractivity contribution in [3.05, 3.63) is 54.4 Å². The van der Waals surface area contributed by atoms with Crippen molar-refractivity contribution in [1.29, 1.82) is 0 Å². The van der Waals surface area contributed by atoms with E-state index in [-0.39, 0.29) is 11.7 Å². The fourth-order valence-corrected chi connectivity index (χ4v) is 3.40. The van der Waals surface area contributed by atoms with Gasteiger partial charge in [-0.05, 0) is 37.4 Å². The zero-order valence-corrected chi connectivity index (χ0v) is 16.1. The summed E-state index contributed by atoms with van der Waals surface area (Å²) in [5.74, 6) is 0.526. The summed E-state index contributed by atoms with van der Waals surface area (Å²) in [5.41, 5.74) is 3.47. The number of aromatic nitrogens is 4. The van der Waals surface area contributed by atoms with Gasteiger partial charge in [-0.1, -0.05) is 38.1 Å². The first-order chi connectivity index (χ1) is 13.7. The monoisotopic (exact) mass is 376 g/mol. The Labute approximate surface area is 163 Å². The van der Waals surface area contributed by atoms with Crippen LogP contribution in [0, 0.1) is 0 Å². The Morgan fingerprint density at radius 2 is 1.75 bits per heavy atom. The topological polar surface area (TPSA) is 78.8 Å². The maximum Gasteiger partial charge on any atom is 0.293 e. The van der Waals surface area contributed by atoms with Crippen LogP contribution in [0.3, 0.4) is 0 Å². The third-order valence-corrected chi connectivity index (χ3v) is 5.02. The van der Waals surface area contributed by atoms with Gasteiger partial charge in [0.05, 0.1) is 22.1 Å². The second-order valence-electron chi connectivity index (χ2n) is 6.66. The Morgan fingerprint density at radius 3 is 2.50 bits per heavy atom. The van der Waals surface area contributed by atoms with Gasteiger partial charge in [0, 0.05) is 13.1 Å². The van der Waals surface area contributed by atoms with Crippen molar-refractivity contribution < 1.29 is 4.79 Å². The largest absolute Gasteiger partial charge is 0.334 e. The number of nitrogens with zero attached hydrogens (tertiary/aromatic N) is 4. The molecule has 2 N–H and O–H groups in total. The van der Waals surface area contributed by atoms with Gasteiger partial charge in [-0.2, -0.15) is 0 Å². The lowest BCUT2D eigenvalue weighted by Crippen LogP contribution is -2.27. The van der Waals surface area contributed by atoms with Crippen molar-refractivity contribution in [1.82, 2.24) is 24.4 Å². The molecular weight excluding hydrogens is 352 g/mol. The second kappa shape index (κ2) is 7.82. The summed E-state index contributed by atoms with van der Waals surface area (Å²) in [4.78, 5) is 27.2. The van der Waals surface area contributed by atoms with Crippen LogP contribution in [0.15, 0.2) is 48.5 Å². The summed E-state index contributed by atoms with van der Waals surface area (Å²) < 4.78 is 2.06. The maximum atomic E-state index is 12.8. The van der Waals surface area contributed by atoms with Crippen LogP contribution in [0.25, 0.3) is 22.1 Å². The minimum atomic E-state index is -0.296. The molecule has 28 heavy (non-hydrogen) atoms. The number of likely N-dealkylation sites (N-methyl/N-ethyl adjacent to an activating group) is 1. The second-order valence-corrected chi connectivity index (χ2v) is 6.66. The molecule has 0 saturated heterocycles. The molecule has 0 unspecified atom stereocenters. The Balaban J connectivity index is 1.63. The predicted octanol–water partition coefficient (Wildman–Crippen LogP) is 3.51. The van der Waals surface area contributed by atoms with Crippen molar-refractivity contribution in [2.24, 2.45) is 0 Å². The van der Waals surface area contributed by atoms with E-state index in [0.717, 1.165) is 48.2 Å². The number of fused-ring (bicyclic) bond motifs is 2. The summed E-state index contributed by atoms with van der Waals surface area (Å²) in [6.45, 7) is 7.92. The average molecular weight is 376 g/mol. The third kappa shape index (κ3) is 3.48. The summed E-state index contributed by atoms with van der Waals surface area (Å²) >= 11 is 0. The van der Waals surface area contributed by atoms with E-state index in [9.17, 15) is 4.79 Å². The molecule has 0 aliphatic carbocycles. The molecule has 2 aromatic heterocycles. The van der Waals surface area contributed by atoms with Gasteiger partial charge in [-0.25, -0.2) is 9.97 Å². The average Bonchev–Trinajstić information content (AvgIpc) is 3.30. The van der Waals surface area contributed by atoms with Crippen LogP contribution in [-0.2, 0) is 6.54 Å². The molecule has 7 nitrogen and oxygen atoms in total. The molecular formula is C21H24N6O. The van der Waals surface area contributed by atoms with E-state index in [1.807, 2.05) is 48.5 Å². The van der Waals surface area contributed by atoms with Gasteiger partial charge in [0.2, 0.25) is 5.95 Å². The standard InChI is InChI=1S/C21H24N6O/c1-3-26(4-2)13-14-27-18-12-8-7-11-17(18)24-21(27)25-20(28)19-22-15-9-5-6-10-16(15)23-19/h5-12H,3-4,13-14H2,1-2H3,(H,22,23)(H,24,25,28). The van der Waals surface area contributed by atoms with Gasteiger partial charge < -0.3 is 14.5 Å². The Hall–Kier alpha value is -3.19. The zero-order valence-electron chi connectivity index (χ0n) is 16.1. The number of para-hydroxylation sites is 4. The molecule has 4 aromatic rings. The molecule has 7 heteroatoms. The maximum absolute atomic E-state index is 12.8. The highest BCUT2D eigenvalue weighted by Crippen LogP contribution is 2.20. The molecule has 0 aliphatic heterocycles. The van der Waals surface area contributed by atoms with Gasteiger partial charge in [0.1, 0.15) is 0 Å². The fraction of sp³-hybridized carbons (Fsp3) is 0.286. The van der Waals surface area contributed by atoms with E-state index in [0.29, 0.717) is 5.95 Å². The third-order valence-electron chi connectivity index (χ3n) is 5.02. The van der Waals surface area contributed by atoms with Crippen molar-refractivity contribution in [2.45, 2.75) is 20.4 Å². The lowest BCUT2D eigenvalue weighted by atomic mass is 10.3. The van der Waals surface area contributed by atoms with Crippen molar-refractivity contribution in [3.63, 3.8) is 0 Å². The van der Waals surface area contributed by atoms with Gasteiger partial charge >= 0.3 is 0 Å². The first-order valence-corrected chi connectivity index (χ1v) is 9.63. The SMILES string of the molecule is CCN(CC)CCn1c(NC(=O)c2nc3ccccc3[nH]2)nc2ccccc21. The van der Waals surface area contributed by atoms with E-state index >= 15 is 0 Å². The number of rotatable bonds is 7. The Kier molecular flexibility index (Phi) is 5.08. The highest BCUT2D eigenvalue weighted by atomic mass is 16.2. The number of carbonyl (C=O) groups is 1. The molecule has 144 valence electrons. The minimum absolute atomic E-state index is 0.281. The molecule has 4 rings (SSSR count). The summed E-state index contributed by atoms with van der Waals surface area (Å²) in [7, 11) is 0.